The minimum Gasteiger partial charge on any atom is -0.356 e. The molecule has 0 amide bonds. The third-order valence-corrected chi connectivity index (χ3v) is 3.74. The average Bonchev–Trinajstić information content (AvgIpc) is 2.29. The van der Waals surface area contributed by atoms with Crippen molar-refractivity contribution in [2.75, 3.05) is 18.0 Å². The number of aromatic nitrogens is 1. The summed E-state index contributed by atoms with van der Waals surface area (Å²) in [6, 6.07) is 2.12. The van der Waals surface area contributed by atoms with Gasteiger partial charge < -0.3 is 10.6 Å². The maximum atomic E-state index is 5.87. The Morgan fingerprint density at radius 2 is 2.00 bits per heavy atom. The number of nitrogens with zero attached hydrogens (tertiary/aromatic N) is 2. The van der Waals surface area contributed by atoms with Gasteiger partial charge in [0.25, 0.3) is 0 Å². The van der Waals surface area contributed by atoms with Crippen LogP contribution in [-0.4, -0.2) is 18.1 Å². The zero-order chi connectivity index (χ0) is 12.4. The van der Waals surface area contributed by atoms with Gasteiger partial charge in [-0.25, -0.2) is 4.98 Å². The van der Waals surface area contributed by atoms with Crippen LogP contribution in [0.5, 0.6) is 0 Å². The number of nitrogens with two attached hydrogens (primary N) is 1. The lowest BCUT2D eigenvalue weighted by Gasteiger charge is -2.33. The third-order valence-electron chi connectivity index (χ3n) is 3.74. The third kappa shape index (κ3) is 2.60. The molecule has 17 heavy (non-hydrogen) atoms. The average molecular weight is 233 g/mol. The van der Waals surface area contributed by atoms with Gasteiger partial charge >= 0.3 is 0 Å². The molecule has 0 bridgehead atoms. The van der Waals surface area contributed by atoms with Gasteiger partial charge in [-0.2, -0.15) is 0 Å². The summed E-state index contributed by atoms with van der Waals surface area (Å²) in [5, 5.41) is 0. The van der Waals surface area contributed by atoms with Gasteiger partial charge in [-0.15, -0.1) is 0 Å². The van der Waals surface area contributed by atoms with E-state index < -0.39 is 0 Å². The Hall–Kier alpha value is -1.09. The highest BCUT2D eigenvalue weighted by molar-refractivity contribution is 5.51. The van der Waals surface area contributed by atoms with Gasteiger partial charge in [0.05, 0.1) is 0 Å². The second-order valence-electron chi connectivity index (χ2n) is 5.26. The highest BCUT2D eigenvalue weighted by Crippen LogP contribution is 2.26. The molecule has 1 aliphatic heterocycles. The number of rotatable bonds is 2. The molecule has 0 saturated carbocycles. The van der Waals surface area contributed by atoms with Crippen LogP contribution in [0.2, 0.25) is 0 Å². The number of pyridine rings is 1. The fraction of sp³-hybridized carbons (Fsp3) is 0.643. The van der Waals surface area contributed by atoms with E-state index in [0.717, 1.165) is 30.5 Å². The van der Waals surface area contributed by atoms with Gasteiger partial charge in [-0.3, -0.25) is 0 Å². The van der Waals surface area contributed by atoms with E-state index in [1.165, 1.54) is 24.0 Å². The molecule has 94 valence electrons. The number of hydrogen-bond acceptors (Lipinski definition) is 3. The Kier molecular flexibility index (Phi) is 3.67. The molecule has 2 heterocycles. The van der Waals surface area contributed by atoms with Gasteiger partial charge in [0.15, 0.2) is 0 Å². The number of piperidine rings is 1. The van der Waals surface area contributed by atoms with Crippen molar-refractivity contribution in [3.63, 3.8) is 0 Å². The Balaban J connectivity index is 2.30. The minimum absolute atomic E-state index is 0.584. The molecule has 0 aliphatic carbocycles. The van der Waals surface area contributed by atoms with E-state index in [4.69, 9.17) is 10.7 Å². The van der Waals surface area contributed by atoms with Crippen LogP contribution in [0, 0.1) is 19.8 Å². The Labute approximate surface area is 104 Å². The quantitative estimate of drug-likeness (QED) is 0.853. The number of aryl methyl sites for hydroxylation is 2. The summed E-state index contributed by atoms with van der Waals surface area (Å²) < 4.78 is 0. The van der Waals surface area contributed by atoms with Gasteiger partial charge in [-0.05, 0) is 44.2 Å². The van der Waals surface area contributed by atoms with Crippen molar-refractivity contribution in [3.05, 3.63) is 22.9 Å². The van der Waals surface area contributed by atoms with Crippen LogP contribution in [0.25, 0.3) is 0 Å². The van der Waals surface area contributed by atoms with E-state index in [0.29, 0.717) is 6.54 Å². The molecule has 2 rings (SSSR count). The van der Waals surface area contributed by atoms with Crippen molar-refractivity contribution in [3.8, 4) is 0 Å². The minimum atomic E-state index is 0.584. The Morgan fingerprint density at radius 3 is 2.59 bits per heavy atom. The van der Waals surface area contributed by atoms with Gasteiger partial charge in [0, 0.05) is 30.9 Å². The lowest BCUT2D eigenvalue weighted by Crippen LogP contribution is -2.34. The molecule has 2 N–H and O–H groups in total. The maximum Gasteiger partial charge on any atom is 0.133 e. The predicted molar refractivity (Wildman–Crippen MR) is 72.2 cm³/mol. The van der Waals surface area contributed by atoms with Crippen molar-refractivity contribution < 1.29 is 0 Å². The zero-order valence-electron chi connectivity index (χ0n) is 11.2. The van der Waals surface area contributed by atoms with Crippen LogP contribution in [0.4, 0.5) is 5.82 Å². The topological polar surface area (TPSA) is 42.1 Å². The molecular weight excluding hydrogens is 210 g/mol. The molecule has 0 spiro atoms. The second kappa shape index (κ2) is 5.05. The van der Waals surface area contributed by atoms with Crippen LogP contribution < -0.4 is 10.6 Å². The molecule has 0 radical (unpaired) electrons. The summed E-state index contributed by atoms with van der Waals surface area (Å²) in [5.74, 6) is 1.97. The predicted octanol–water partition coefficient (Wildman–Crippen LogP) is 2.39. The SMILES string of the molecule is Cc1cc(C)c(CN)c(N2CCC(C)CC2)n1. The van der Waals surface area contributed by atoms with E-state index in [1.807, 2.05) is 0 Å². The fourth-order valence-corrected chi connectivity index (χ4v) is 2.58. The summed E-state index contributed by atoms with van der Waals surface area (Å²) in [7, 11) is 0. The Bertz CT molecular complexity index is 393. The van der Waals surface area contributed by atoms with Crippen LogP contribution in [-0.2, 0) is 6.54 Å². The summed E-state index contributed by atoms with van der Waals surface area (Å²) in [6.07, 6.45) is 2.53. The normalized spacial score (nSPS) is 17.5. The Morgan fingerprint density at radius 1 is 1.35 bits per heavy atom. The monoisotopic (exact) mass is 233 g/mol. The number of hydrogen-bond donors (Lipinski definition) is 1. The van der Waals surface area contributed by atoms with Crippen molar-refractivity contribution in [2.45, 2.75) is 40.2 Å². The highest BCUT2D eigenvalue weighted by atomic mass is 15.2. The number of anilines is 1. The van der Waals surface area contributed by atoms with Gasteiger partial charge in [0.2, 0.25) is 0 Å². The largest absolute Gasteiger partial charge is 0.356 e. The molecular formula is C14H23N3. The van der Waals surface area contributed by atoms with Crippen LogP contribution in [0.3, 0.4) is 0 Å². The lowest BCUT2D eigenvalue weighted by atomic mass is 9.98. The van der Waals surface area contributed by atoms with Crippen molar-refractivity contribution in [1.82, 2.24) is 4.98 Å². The summed E-state index contributed by atoms with van der Waals surface area (Å²) in [4.78, 5) is 7.10. The molecule has 1 aromatic heterocycles. The van der Waals surface area contributed by atoms with Crippen molar-refractivity contribution >= 4 is 5.82 Å². The van der Waals surface area contributed by atoms with E-state index in [-0.39, 0.29) is 0 Å². The maximum absolute atomic E-state index is 5.87. The van der Waals surface area contributed by atoms with Gasteiger partial charge in [-0.1, -0.05) is 6.92 Å². The summed E-state index contributed by atoms with van der Waals surface area (Å²) >= 11 is 0. The molecule has 3 heteroatoms. The molecule has 3 nitrogen and oxygen atoms in total. The molecule has 0 atom stereocenters. The summed E-state index contributed by atoms with van der Waals surface area (Å²) in [5.41, 5.74) is 9.44. The van der Waals surface area contributed by atoms with Crippen LogP contribution >= 0.6 is 0 Å². The van der Waals surface area contributed by atoms with Crippen molar-refractivity contribution in [1.29, 1.82) is 0 Å². The highest BCUT2D eigenvalue weighted by Gasteiger charge is 2.20. The van der Waals surface area contributed by atoms with Crippen LogP contribution in [0.1, 0.15) is 36.6 Å². The van der Waals surface area contributed by atoms with E-state index in [1.54, 1.807) is 0 Å². The molecule has 1 aliphatic rings. The molecule has 1 saturated heterocycles. The molecule has 0 aromatic carbocycles. The molecule has 0 unspecified atom stereocenters. The zero-order valence-corrected chi connectivity index (χ0v) is 11.2. The van der Waals surface area contributed by atoms with E-state index in [2.05, 4.69) is 31.7 Å². The van der Waals surface area contributed by atoms with E-state index in [9.17, 15) is 0 Å². The molecule has 1 aromatic rings. The van der Waals surface area contributed by atoms with Gasteiger partial charge in [0.1, 0.15) is 5.82 Å². The first-order chi connectivity index (χ1) is 8.11. The van der Waals surface area contributed by atoms with Crippen LogP contribution in [0.15, 0.2) is 6.07 Å². The van der Waals surface area contributed by atoms with Crippen molar-refractivity contribution in [2.24, 2.45) is 11.7 Å². The van der Waals surface area contributed by atoms with E-state index >= 15 is 0 Å². The smallest absolute Gasteiger partial charge is 0.133 e. The molecule has 1 fully saturated rings. The first kappa shape index (κ1) is 12.4. The standard InChI is InChI=1S/C14H23N3/c1-10-4-6-17(7-5-10)14-13(9-15)11(2)8-12(3)16-14/h8,10H,4-7,9,15H2,1-3H3. The fourth-order valence-electron chi connectivity index (χ4n) is 2.58. The first-order valence-corrected chi connectivity index (χ1v) is 6.54. The second-order valence-corrected chi connectivity index (χ2v) is 5.26. The summed E-state index contributed by atoms with van der Waals surface area (Å²) in [6.45, 7) is 9.33. The lowest BCUT2D eigenvalue weighted by molar-refractivity contribution is 0.436. The first-order valence-electron chi connectivity index (χ1n) is 6.54.